The Hall–Kier alpha value is -0.960. The van der Waals surface area contributed by atoms with Crippen LogP contribution in [-0.2, 0) is 0 Å². The zero-order valence-electron chi connectivity index (χ0n) is 6.57. The highest BCUT2D eigenvalue weighted by molar-refractivity contribution is 5.34. The first-order valence-corrected chi connectivity index (χ1v) is 3.18. The predicted molar refractivity (Wildman–Crippen MR) is 41.6 cm³/mol. The smallest absolute Gasteiger partial charge is 0.169 e. The second kappa shape index (κ2) is 2.34. The minimum absolute atomic E-state index is 0.765. The normalized spacial score (nSPS) is 11.5. The third-order valence-corrected chi connectivity index (χ3v) is 1.32. The van der Waals surface area contributed by atoms with Crippen molar-refractivity contribution in [2.75, 3.05) is 21.1 Å². The third kappa shape index (κ3) is 1.51. The molecule has 3 heteroatoms. The highest BCUT2D eigenvalue weighted by Gasteiger charge is 2.10. The maximum Gasteiger partial charge on any atom is 0.169 e. The first-order valence-electron chi connectivity index (χ1n) is 3.18. The minimum Gasteiger partial charge on any atom is -0.296 e. The maximum absolute atomic E-state index is 3.92. The lowest BCUT2D eigenvalue weighted by Gasteiger charge is -2.21. The van der Waals surface area contributed by atoms with E-state index in [1.54, 1.807) is 6.33 Å². The number of nitrogens with zero attached hydrogens (tertiary/aromatic N) is 3. The van der Waals surface area contributed by atoms with Gasteiger partial charge >= 0.3 is 0 Å². The van der Waals surface area contributed by atoms with Gasteiger partial charge in [-0.15, -0.1) is 0 Å². The number of hydrogen-bond acceptors (Lipinski definition) is 2. The van der Waals surface area contributed by atoms with Crippen molar-refractivity contribution in [1.82, 2.24) is 14.5 Å². The molecule has 0 atom stereocenters. The van der Waals surface area contributed by atoms with Gasteiger partial charge in [-0.2, -0.15) is 0 Å². The molecule has 0 fully saturated rings. The molecule has 0 bridgehead atoms. The van der Waals surface area contributed by atoms with Gasteiger partial charge in [0.15, 0.2) is 5.69 Å². The van der Waals surface area contributed by atoms with E-state index in [1.807, 2.05) is 12.4 Å². The quantitative estimate of drug-likeness (QED) is 0.533. The van der Waals surface area contributed by atoms with Crippen LogP contribution in [0, 0.1) is 0 Å². The fourth-order valence-corrected chi connectivity index (χ4v) is 0.638. The standard InChI is InChI=1S/C7H12N3/c1-10(2,3)7-4-8-6-9-5-7/h4-6H,1-3H3/q+1. The monoisotopic (exact) mass is 138 g/mol. The lowest BCUT2D eigenvalue weighted by Crippen LogP contribution is -2.34. The number of aromatic nitrogens is 2. The highest BCUT2D eigenvalue weighted by Crippen LogP contribution is 2.10. The van der Waals surface area contributed by atoms with E-state index in [2.05, 4.69) is 31.1 Å². The van der Waals surface area contributed by atoms with Crippen molar-refractivity contribution in [3.05, 3.63) is 18.7 Å². The van der Waals surface area contributed by atoms with Crippen molar-refractivity contribution in [3.8, 4) is 0 Å². The second-order valence-corrected chi connectivity index (χ2v) is 3.11. The zero-order valence-corrected chi connectivity index (χ0v) is 6.57. The van der Waals surface area contributed by atoms with Crippen LogP contribution in [0.4, 0.5) is 5.69 Å². The van der Waals surface area contributed by atoms with E-state index in [-0.39, 0.29) is 0 Å². The topological polar surface area (TPSA) is 25.8 Å². The Morgan fingerprint density at radius 2 is 1.60 bits per heavy atom. The van der Waals surface area contributed by atoms with Crippen LogP contribution < -0.4 is 4.48 Å². The van der Waals surface area contributed by atoms with Gasteiger partial charge in [-0.25, -0.2) is 9.97 Å². The van der Waals surface area contributed by atoms with E-state index in [1.165, 1.54) is 0 Å². The minimum atomic E-state index is 0.765. The Morgan fingerprint density at radius 1 is 1.10 bits per heavy atom. The molecule has 0 amide bonds. The molecule has 10 heavy (non-hydrogen) atoms. The Kier molecular flexibility index (Phi) is 1.68. The SMILES string of the molecule is C[N+](C)(C)c1cncnc1. The van der Waals surface area contributed by atoms with E-state index >= 15 is 0 Å². The Morgan fingerprint density at radius 3 is 1.90 bits per heavy atom. The molecule has 3 nitrogen and oxygen atoms in total. The van der Waals surface area contributed by atoms with Gasteiger partial charge in [-0.05, 0) is 0 Å². The molecule has 1 heterocycles. The van der Waals surface area contributed by atoms with E-state index in [4.69, 9.17) is 0 Å². The molecule has 0 aliphatic rings. The van der Waals surface area contributed by atoms with Crippen molar-refractivity contribution >= 4 is 5.69 Å². The Labute approximate surface area is 60.9 Å². The Bertz CT molecular complexity index is 200. The molecule has 0 unspecified atom stereocenters. The summed E-state index contributed by atoms with van der Waals surface area (Å²) in [6.07, 6.45) is 5.19. The van der Waals surface area contributed by atoms with Gasteiger partial charge in [0, 0.05) is 0 Å². The molecule has 0 radical (unpaired) electrons. The van der Waals surface area contributed by atoms with Crippen molar-refractivity contribution in [2.24, 2.45) is 0 Å². The summed E-state index contributed by atoms with van der Waals surface area (Å²) in [5, 5.41) is 0. The third-order valence-electron chi connectivity index (χ3n) is 1.32. The summed E-state index contributed by atoms with van der Waals surface area (Å²) in [5.74, 6) is 0. The van der Waals surface area contributed by atoms with Crippen LogP contribution in [0.2, 0.25) is 0 Å². The summed E-state index contributed by atoms with van der Waals surface area (Å²) >= 11 is 0. The molecule has 0 N–H and O–H groups in total. The van der Waals surface area contributed by atoms with Gasteiger partial charge in [0.2, 0.25) is 0 Å². The predicted octanol–water partition coefficient (Wildman–Crippen LogP) is 0.673. The van der Waals surface area contributed by atoms with Crippen LogP contribution in [0.15, 0.2) is 18.7 Å². The fourth-order valence-electron chi connectivity index (χ4n) is 0.638. The summed E-state index contributed by atoms with van der Waals surface area (Å²) in [5.41, 5.74) is 1.11. The number of rotatable bonds is 1. The summed E-state index contributed by atoms with van der Waals surface area (Å²) in [6, 6.07) is 0. The molecular weight excluding hydrogens is 126 g/mol. The molecule has 1 rings (SSSR count). The summed E-state index contributed by atoms with van der Waals surface area (Å²) in [4.78, 5) is 7.85. The molecule has 0 aliphatic heterocycles. The molecule has 54 valence electrons. The molecule has 0 spiro atoms. The van der Waals surface area contributed by atoms with Crippen LogP contribution in [0.5, 0.6) is 0 Å². The van der Waals surface area contributed by atoms with Gasteiger partial charge in [-0.1, -0.05) is 0 Å². The van der Waals surface area contributed by atoms with Crippen molar-refractivity contribution in [1.29, 1.82) is 0 Å². The van der Waals surface area contributed by atoms with Crippen molar-refractivity contribution < 1.29 is 0 Å². The molecule has 0 aliphatic carbocycles. The van der Waals surface area contributed by atoms with Crippen LogP contribution in [0.1, 0.15) is 0 Å². The van der Waals surface area contributed by atoms with Gasteiger partial charge in [-0.3, -0.25) is 4.48 Å². The lowest BCUT2D eigenvalue weighted by molar-refractivity contribution is 0.483. The van der Waals surface area contributed by atoms with E-state index in [0.29, 0.717) is 0 Å². The van der Waals surface area contributed by atoms with Gasteiger partial charge in [0.1, 0.15) is 6.33 Å². The van der Waals surface area contributed by atoms with Crippen LogP contribution in [0.25, 0.3) is 0 Å². The first-order chi connectivity index (χ1) is 4.61. The summed E-state index contributed by atoms with van der Waals surface area (Å²) < 4.78 is 0.765. The molecule has 0 aromatic carbocycles. The average Bonchev–Trinajstić information content (AvgIpc) is 1.88. The molecule has 0 saturated carbocycles. The largest absolute Gasteiger partial charge is 0.296 e. The second-order valence-electron chi connectivity index (χ2n) is 3.11. The van der Waals surface area contributed by atoms with E-state index < -0.39 is 0 Å². The van der Waals surface area contributed by atoms with Gasteiger partial charge in [0.25, 0.3) is 0 Å². The molecule has 1 aromatic rings. The number of hydrogen-bond donors (Lipinski definition) is 0. The Balaban J connectivity index is 2.97. The number of quaternary nitrogens is 1. The summed E-state index contributed by atoms with van der Waals surface area (Å²) in [7, 11) is 6.25. The zero-order chi connectivity index (χ0) is 7.61. The fraction of sp³-hybridized carbons (Fsp3) is 0.429. The molecular formula is C7H12N3+. The highest BCUT2D eigenvalue weighted by atomic mass is 15.3. The van der Waals surface area contributed by atoms with E-state index in [0.717, 1.165) is 10.2 Å². The van der Waals surface area contributed by atoms with E-state index in [9.17, 15) is 0 Å². The van der Waals surface area contributed by atoms with Crippen molar-refractivity contribution in [3.63, 3.8) is 0 Å². The first kappa shape index (κ1) is 7.15. The van der Waals surface area contributed by atoms with Crippen LogP contribution >= 0.6 is 0 Å². The van der Waals surface area contributed by atoms with Gasteiger partial charge in [0.05, 0.1) is 33.5 Å². The van der Waals surface area contributed by atoms with Crippen LogP contribution in [-0.4, -0.2) is 31.1 Å². The molecule has 0 saturated heterocycles. The summed E-state index contributed by atoms with van der Waals surface area (Å²) in [6.45, 7) is 0. The average molecular weight is 138 g/mol. The lowest BCUT2D eigenvalue weighted by atomic mass is 10.4. The maximum atomic E-state index is 3.92. The van der Waals surface area contributed by atoms with Crippen molar-refractivity contribution in [2.45, 2.75) is 0 Å². The molecule has 1 aromatic heterocycles. The van der Waals surface area contributed by atoms with Gasteiger partial charge < -0.3 is 0 Å². The van der Waals surface area contributed by atoms with Crippen LogP contribution in [0.3, 0.4) is 0 Å².